The number of amides is 1. The van der Waals surface area contributed by atoms with Gasteiger partial charge in [-0.15, -0.1) is 0 Å². The molecular formula is C8H13F3N2O2. The van der Waals surface area contributed by atoms with E-state index in [1.54, 1.807) is 12.4 Å². The zero-order valence-corrected chi connectivity index (χ0v) is 8.23. The molecule has 0 bridgehead atoms. The summed E-state index contributed by atoms with van der Waals surface area (Å²) in [6.45, 7) is 1.63. The van der Waals surface area contributed by atoms with Crippen molar-refractivity contribution >= 4 is 5.91 Å². The Bertz CT molecular complexity index is 228. The number of nitrogens with one attached hydrogen (secondary N) is 2. The molecule has 0 aliphatic carbocycles. The van der Waals surface area contributed by atoms with E-state index in [0.717, 1.165) is 0 Å². The average molecular weight is 226 g/mol. The Labute approximate surface area is 85.1 Å². The van der Waals surface area contributed by atoms with Crippen molar-refractivity contribution in [2.45, 2.75) is 13.1 Å². The summed E-state index contributed by atoms with van der Waals surface area (Å²) < 4.78 is 35.0. The highest BCUT2D eigenvalue weighted by Crippen LogP contribution is 2.16. The van der Waals surface area contributed by atoms with Gasteiger partial charge < -0.3 is 5.32 Å². The first-order valence-electron chi connectivity index (χ1n) is 4.59. The van der Waals surface area contributed by atoms with Gasteiger partial charge in [0.25, 0.3) is 0 Å². The Morgan fingerprint density at radius 3 is 2.60 bits per heavy atom. The molecule has 1 amide bonds. The molecule has 15 heavy (non-hydrogen) atoms. The van der Waals surface area contributed by atoms with E-state index in [1.165, 1.54) is 0 Å². The molecule has 1 aliphatic rings. The van der Waals surface area contributed by atoms with Gasteiger partial charge in [-0.25, -0.2) is 5.48 Å². The number of halogens is 3. The van der Waals surface area contributed by atoms with Gasteiger partial charge in [-0.2, -0.15) is 13.2 Å². The van der Waals surface area contributed by atoms with Crippen LogP contribution in [0.25, 0.3) is 0 Å². The summed E-state index contributed by atoms with van der Waals surface area (Å²) in [7, 11) is 0. The minimum absolute atomic E-state index is 0.180. The molecule has 0 saturated carbocycles. The van der Waals surface area contributed by atoms with Crippen molar-refractivity contribution in [3.05, 3.63) is 0 Å². The van der Waals surface area contributed by atoms with Crippen LogP contribution in [-0.4, -0.2) is 31.8 Å². The van der Waals surface area contributed by atoms with E-state index in [2.05, 4.69) is 10.2 Å². The number of rotatable bonds is 4. The average Bonchev–Trinajstić information content (AvgIpc) is 1.98. The lowest BCUT2D eigenvalue weighted by Gasteiger charge is -2.31. The van der Waals surface area contributed by atoms with Crippen LogP contribution in [0, 0.1) is 11.8 Å². The lowest BCUT2D eigenvalue weighted by Crippen LogP contribution is -2.49. The van der Waals surface area contributed by atoms with Gasteiger partial charge in [0.1, 0.15) is 0 Å². The van der Waals surface area contributed by atoms with E-state index in [0.29, 0.717) is 13.1 Å². The summed E-state index contributed by atoms with van der Waals surface area (Å²) in [5, 5.41) is 2.98. The van der Waals surface area contributed by atoms with Gasteiger partial charge in [-0.1, -0.05) is 6.92 Å². The summed E-state index contributed by atoms with van der Waals surface area (Å²) in [5.41, 5.74) is 1.80. The molecule has 1 unspecified atom stereocenters. The highest BCUT2D eigenvalue weighted by Gasteiger charge is 2.31. The zero-order valence-electron chi connectivity index (χ0n) is 8.23. The van der Waals surface area contributed by atoms with Crippen LogP contribution >= 0.6 is 0 Å². The second-order valence-corrected chi connectivity index (χ2v) is 3.58. The molecule has 2 N–H and O–H groups in total. The van der Waals surface area contributed by atoms with Crippen molar-refractivity contribution in [1.82, 2.24) is 10.8 Å². The van der Waals surface area contributed by atoms with Crippen molar-refractivity contribution in [3.8, 4) is 0 Å². The molecule has 1 fully saturated rings. The van der Waals surface area contributed by atoms with Gasteiger partial charge in [-0.3, -0.25) is 9.63 Å². The van der Waals surface area contributed by atoms with Gasteiger partial charge >= 0.3 is 6.18 Å². The molecule has 1 rings (SSSR count). The molecule has 7 heteroatoms. The summed E-state index contributed by atoms with van der Waals surface area (Å²) in [6.07, 6.45) is -4.42. The third kappa shape index (κ3) is 4.05. The second-order valence-electron chi connectivity index (χ2n) is 3.58. The molecule has 0 aromatic rings. The minimum Gasteiger partial charge on any atom is -0.316 e. The molecule has 0 aromatic heterocycles. The third-order valence-electron chi connectivity index (χ3n) is 2.34. The number of carbonyl (C=O) groups excluding carboxylic acids is 1. The lowest BCUT2D eigenvalue weighted by atomic mass is 9.88. The molecule has 0 radical (unpaired) electrons. The monoisotopic (exact) mass is 226 g/mol. The molecule has 0 spiro atoms. The number of alkyl halides is 3. The Morgan fingerprint density at radius 1 is 1.60 bits per heavy atom. The van der Waals surface area contributed by atoms with Gasteiger partial charge in [0.05, 0.1) is 0 Å². The van der Waals surface area contributed by atoms with Crippen LogP contribution in [0.1, 0.15) is 6.92 Å². The quantitative estimate of drug-likeness (QED) is 0.684. The van der Waals surface area contributed by atoms with Crippen molar-refractivity contribution < 1.29 is 22.8 Å². The SMILES string of the molecule is CC(C(=O)NOCC(F)(F)F)C1CNC1. The van der Waals surface area contributed by atoms with Crippen LogP contribution in [-0.2, 0) is 9.63 Å². The normalized spacial score (nSPS) is 19.5. The Morgan fingerprint density at radius 2 is 2.20 bits per heavy atom. The lowest BCUT2D eigenvalue weighted by molar-refractivity contribution is -0.193. The first-order chi connectivity index (χ1) is 6.90. The molecular weight excluding hydrogens is 213 g/mol. The van der Waals surface area contributed by atoms with Crippen molar-refractivity contribution in [2.75, 3.05) is 19.7 Å². The smallest absolute Gasteiger partial charge is 0.316 e. The second kappa shape index (κ2) is 4.80. The number of hydroxylamine groups is 1. The van der Waals surface area contributed by atoms with E-state index in [1.807, 2.05) is 0 Å². The maximum absolute atomic E-state index is 11.7. The number of carbonyl (C=O) groups is 1. The molecule has 4 nitrogen and oxygen atoms in total. The topological polar surface area (TPSA) is 50.4 Å². The fourth-order valence-electron chi connectivity index (χ4n) is 1.16. The standard InChI is InChI=1S/C8H13F3N2O2/c1-5(6-2-12-3-6)7(14)13-15-4-8(9,10)11/h5-6,12H,2-4H2,1H3,(H,13,14). The number of hydrogen-bond acceptors (Lipinski definition) is 3. The highest BCUT2D eigenvalue weighted by molar-refractivity contribution is 5.77. The Balaban J connectivity index is 2.17. The van der Waals surface area contributed by atoms with E-state index in [4.69, 9.17) is 0 Å². The Kier molecular flexibility index (Phi) is 3.92. The fraction of sp³-hybridized carbons (Fsp3) is 0.875. The van der Waals surface area contributed by atoms with Crippen molar-refractivity contribution in [3.63, 3.8) is 0 Å². The van der Waals surface area contributed by atoms with Crippen LogP contribution < -0.4 is 10.8 Å². The molecule has 88 valence electrons. The first kappa shape index (κ1) is 12.3. The van der Waals surface area contributed by atoms with Crippen LogP contribution in [0.3, 0.4) is 0 Å². The summed E-state index contributed by atoms with van der Waals surface area (Å²) in [4.78, 5) is 15.3. The fourth-order valence-corrected chi connectivity index (χ4v) is 1.16. The van der Waals surface area contributed by atoms with Crippen molar-refractivity contribution in [1.29, 1.82) is 0 Å². The van der Waals surface area contributed by atoms with Gasteiger partial charge in [0.2, 0.25) is 5.91 Å². The largest absolute Gasteiger partial charge is 0.414 e. The number of hydrogen-bond donors (Lipinski definition) is 2. The van der Waals surface area contributed by atoms with Crippen LogP contribution in [0.4, 0.5) is 13.2 Å². The highest BCUT2D eigenvalue weighted by atomic mass is 19.4. The predicted octanol–water partition coefficient (Wildman–Crippen LogP) is 0.452. The maximum atomic E-state index is 11.7. The van der Waals surface area contributed by atoms with Gasteiger partial charge in [-0.05, 0) is 19.0 Å². The van der Waals surface area contributed by atoms with E-state index < -0.39 is 18.7 Å². The van der Waals surface area contributed by atoms with Gasteiger partial charge in [0.15, 0.2) is 6.61 Å². The molecule has 0 aromatic carbocycles. The maximum Gasteiger partial charge on any atom is 0.414 e. The molecule has 1 atom stereocenters. The van der Waals surface area contributed by atoms with Crippen LogP contribution in [0.5, 0.6) is 0 Å². The summed E-state index contributed by atoms with van der Waals surface area (Å²) in [5.74, 6) is -0.662. The summed E-state index contributed by atoms with van der Waals surface area (Å²) >= 11 is 0. The summed E-state index contributed by atoms with van der Waals surface area (Å²) in [6, 6.07) is 0. The molecule has 1 heterocycles. The van der Waals surface area contributed by atoms with Gasteiger partial charge in [0, 0.05) is 5.92 Å². The predicted molar refractivity (Wildman–Crippen MR) is 45.7 cm³/mol. The van der Waals surface area contributed by atoms with E-state index in [9.17, 15) is 18.0 Å². The minimum atomic E-state index is -4.42. The van der Waals surface area contributed by atoms with Crippen molar-refractivity contribution in [2.24, 2.45) is 11.8 Å². The van der Waals surface area contributed by atoms with E-state index in [-0.39, 0.29) is 11.8 Å². The third-order valence-corrected chi connectivity index (χ3v) is 2.34. The van der Waals surface area contributed by atoms with Crippen LogP contribution in [0.2, 0.25) is 0 Å². The molecule has 1 saturated heterocycles. The van der Waals surface area contributed by atoms with E-state index >= 15 is 0 Å². The zero-order chi connectivity index (χ0) is 11.5. The van der Waals surface area contributed by atoms with Crippen LogP contribution in [0.15, 0.2) is 0 Å². The Hall–Kier alpha value is -0.820. The first-order valence-corrected chi connectivity index (χ1v) is 4.59. The molecule has 1 aliphatic heterocycles.